The molecule has 1 amide bonds. The van der Waals surface area contributed by atoms with Crippen molar-refractivity contribution in [1.29, 1.82) is 0 Å². The van der Waals surface area contributed by atoms with E-state index in [1.54, 1.807) is 33.2 Å². The summed E-state index contributed by atoms with van der Waals surface area (Å²) in [6.07, 6.45) is 3.70. The molecule has 0 aliphatic carbocycles. The molecular formula is C36H38Cl2FN5O3. The maximum atomic E-state index is 15.5. The lowest BCUT2D eigenvalue weighted by atomic mass is 9.93. The van der Waals surface area contributed by atoms with Gasteiger partial charge >= 0.3 is 0 Å². The monoisotopic (exact) mass is 677 g/mol. The fourth-order valence-corrected chi connectivity index (χ4v) is 7.07. The third-order valence-corrected chi connectivity index (χ3v) is 9.42. The first-order valence-corrected chi connectivity index (χ1v) is 16.5. The number of rotatable bonds is 10. The first-order valence-electron chi connectivity index (χ1n) is 15.7. The first-order chi connectivity index (χ1) is 22.5. The second kappa shape index (κ2) is 13.9. The van der Waals surface area contributed by atoms with Crippen LogP contribution >= 0.6 is 23.2 Å². The van der Waals surface area contributed by atoms with Crippen molar-refractivity contribution in [3.05, 3.63) is 87.3 Å². The van der Waals surface area contributed by atoms with Gasteiger partial charge < -0.3 is 20.5 Å². The lowest BCUT2D eigenvalue weighted by Gasteiger charge is -2.33. The second-order valence-corrected chi connectivity index (χ2v) is 13.6. The number of benzene rings is 2. The molecule has 0 saturated carbocycles. The second-order valence-electron chi connectivity index (χ2n) is 12.9. The van der Waals surface area contributed by atoms with Crippen LogP contribution in [0.15, 0.2) is 54.7 Å². The van der Waals surface area contributed by atoms with Gasteiger partial charge in [-0.05, 0) is 56.5 Å². The number of carbonyl (C=O) groups is 1. The van der Waals surface area contributed by atoms with E-state index in [0.29, 0.717) is 94.2 Å². The molecule has 4 heterocycles. The summed E-state index contributed by atoms with van der Waals surface area (Å²) in [5, 5.41) is 17.4. The lowest BCUT2D eigenvalue weighted by Crippen LogP contribution is -2.41. The predicted molar refractivity (Wildman–Crippen MR) is 183 cm³/mol. The van der Waals surface area contributed by atoms with Crippen LogP contribution in [0, 0.1) is 5.82 Å². The molecule has 3 N–H and O–H groups in total. The summed E-state index contributed by atoms with van der Waals surface area (Å²) in [7, 11) is 1.58. The van der Waals surface area contributed by atoms with Gasteiger partial charge in [-0.2, -0.15) is 0 Å². The number of nitrogens with one attached hydrogen (secondary N) is 2. The minimum absolute atomic E-state index is 0.0904. The van der Waals surface area contributed by atoms with Crippen molar-refractivity contribution >= 4 is 29.1 Å². The maximum absolute atomic E-state index is 15.5. The van der Waals surface area contributed by atoms with Crippen LogP contribution in [0.4, 0.5) is 4.39 Å². The average molecular weight is 679 g/mol. The molecule has 8 nitrogen and oxygen atoms in total. The topological polar surface area (TPSA) is 99.6 Å². The van der Waals surface area contributed by atoms with Gasteiger partial charge in [-0.1, -0.05) is 47.5 Å². The van der Waals surface area contributed by atoms with Crippen LogP contribution < -0.4 is 15.4 Å². The van der Waals surface area contributed by atoms with Gasteiger partial charge in [0.1, 0.15) is 5.82 Å². The smallest absolute Gasteiger partial charge is 0.220 e. The van der Waals surface area contributed by atoms with E-state index in [1.165, 1.54) is 6.07 Å². The third kappa shape index (κ3) is 7.45. The van der Waals surface area contributed by atoms with E-state index in [9.17, 15) is 9.90 Å². The lowest BCUT2D eigenvalue weighted by molar-refractivity contribution is -0.119. The molecule has 4 aromatic rings. The van der Waals surface area contributed by atoms with Gasteiger partial charge in [0.05, 0.1) is 34.1 Å². The largest absolute Gasteiger partial charge is 0.481 e. The average Bonchev–Trinajstić information content (AvgIpc) is 3.45. The van der Waals surface area contributed by atoms with E-state index >= 15 is 4.39 Å². The molecule has 2 aromatic carbocycles. The van der Waals surface area contributed by atoms with Crippen LogP contribution in [-0.2, 0) is 24.3 Å². The molecule has 0 bridgehead atoms. The number of nitrogens with zero attached hydrogens (tertiary/aromatic N) is 3. The number of halogens is 3. The van der Waals surface area contributed by atoms with Crippen molar-refractivity contribution < 1.29 is 19.0 Å². The number of carbonyl (C=O) groups excluding carboxylic acids is 1. The maximum Gasteiger partial charge on any atom is 0.220 e. The van der Waals surface area contributed by atoms with E-state index in [2.05, 4.69) is 20.5 Å². The molecule has 6 rings (SSSR count). The molecule has 2 aliphatic heterocycles. The van der Waals surface area contributed by atoms with Crippen molar-refractivity contribution in [3.63, 3.8) is 0 Å². The summed E-state index contributed by atoms with van der Waals surface area (Å²) in [5.74, 6) is 0.256. The summed E-state index contributed by atoms with van der Waals surface area (Å²) < 4.78 is 21.1. The Bertz CT molecular complexity index is 1810. The van der Waals surface area contributed by atoms with Crippen LogP contribution in [0.25, 0.3) is 33.6 Å². The molecule has 11 heteroatoms. The van der Waals surface area contributed by atoms with Crippen LogP contribution in [0.5, 0.6) is 5.88 Å². The first kappa shape index (κ1) is 33.3. The zero-order valence-electron chi connectivity index (χ0n) is 26.7. The number of ether oxygens (including phenoxy) is 1. The highest BCUT2D eigenvalue weighted by atomic mass is 35.5. The fraction of sp³-hybridized carbons (Fsp3) is 0.361. The standard InChI is InChI=1S/C36H38Cl2FN5O3/c1-36(2,46)20-44-14-12-21-15-23(16-29(39)28(21)19-44)34-33(38)26(11-13-41-34)25-5-4-6-27(32(25)37)30-9-7-22(35(43-30)47-3)17-40-18-24-8-10-31(45)42-24/h4-7,9,11,13,15-16,24,40,46H,8,10,12,14,17-20H2,1-3H3,(H,42,45)/t24-/m1/s1. The van der Waals surface area contributed by atoms with Crippen molar-refractivity contribution in [2.24, 2.45) is 0 Å². The molecule has 1 atom stereocenters. The Morgan fingerprint density at radius 1 is 1.11 bits per heavy atom. The van der Waals surface area contributed by atoms with E-state index in [-0.39, 0.29) is 17.8 Å². The quantitative estimate of drug-likeness (QED) is 0.178. The predicted octanol–water partition coefficient (Wildman–Crippen LogP) is 6.43. The zero-order valence-corrected chi connectivity index (χ0v) is 28.2. The Balaban J connectivity index is 1.25. The van der Waals surface area contributed by atoms with Gasteiger partial charge in [-0.15, -0.1) is 0 Å². The molecule has 0 spiro atoms. The Labute approximate surface area is 284 Å². The Kier molecular flexibility index (Phi) is 9.82. The highest BCUT2D eigenvalue weighted by molar-refractivity contribution is 6.39. The minimum Gasteiger partial charge on any atom is -0.481 e. The normalized spacial score (nSPS) is 16.7. The van der Waals surface area contributed by atoms with Gasteiger partial charge in [0.15, 0.2) is 0 Å². The molecule has 0 radical (unpaired) electrons. The van der Waals surface area contributed by atoms with Crippen molar-refractivity contribution in [2.45, 2.75) is 57.8 Å². The minimum atomic E-state index is -0.857. The number of aliphatic hydroxyl groups is 1. The fourth-order valence-electron chi connectivity index (χ4n) is 6.43. The molecule has 0 unspecified atom stereocenters. The van der Waals surface area contributed by atoms with Crippen molar-refractivity contribution in [3.8, 4) is 39.5 Å². The number of methoxy groups -OCH3 is 1. The van der Waals surface area contributed by atoms with E-state index < -0.39 is 5.60 Å². The van der Waals surface area contributed by atoms with Crippen LogP contribution in [0.1, 0.15) is 43.4 Å². The van der Waals surface area contributed by atoms with E-state index in [4.69, 9.17) is 32.9 Å². The number of aromatic nitrogens is 2. The number of β-amino-alcohol motifs (C(OH)–C–C–N with tert-alkyl or cyclic N) is 1. The van der Waals surface area contributed by atoms with E-state index in [0.717, 1.165) is 24.1 Å². The number of hydrogen-bond acceptors (Lipinski definition) is 7. The molecule has 2 aliphatic rings. The highest BCUT2D eigenvalue weighted by Crippen LogP contribution is 2.42. The molecule has 246 valence electrons. The summed E-state index contributed by atoms with van der Waals surface area (Å²) in [6, 6.07) is 14.9. The summed E-state index contributed by atoms with van der Waals surface area (Å²) in [5.41, 5.74) is 5.37. The van der Waals surface area contributed by atoms with Crippen molar-refractivity contribution in [2.75, 3.05) is 26.7 Å². The van der Waals surface area contributed by atoms with Gasteiger partial charge in [0.25, 0.3) is 0 Å². The summed E-state index contributed by atoms with van der Waals surface area (Å²) >= 11 is 14.0. The summed E-state index contributed by atoms with van der Waals surface area (Å²) in [4.78, 5) is 22.9. The Morgan fingerprint density at radius 3 is 2.64 bits per heavy atom. The summed E-state index contributed by atoms with van der Waals surface area (Å²) in [6.45, 7) is 6.34. The molecule has 2 aromatic heterocycles. The molecule has 1 fully saturated rings. The van der Waals surface area contributed by atoms with Crippen molar-refractivity contribution in [1.82, 2.24) is 25.5 Å². The molecule has 47 heavy (non-hydrogen) atoms. The number of hydrogen-bond donors (Lipinski definition) is 3. The molecule has 1 saturated heterocycles. The highest BCUT2D eigenvalue weighted by Gasteiger charge is 2.26. The van der Waals surface area contributed by atoms with Gasteiger partial charge in [0.2, 0.25) is 11.8 Å². The number of amides is 1. The van der Waals surface area contributed by atoms with Gasteiger partial charge in [0, 0.05) is 84.8 Å². The van der Waals surface area contributed by atoms with Crippen LogP contribution in [0.2, 0.25) is 10.0 Å². The van der Waals surface area contributed by atoms with Gasteiger partial charge in [-0.3, -0.25) is 14.7 Å². The molecular weight excluding hydrogens is 640 g/mol. The third-order valence-electron chi connectivity index (χ3n) is 8.63. The van der Waals surface area contributed by atoms with Crippen LogP contribution in [-0.4, -0.2) is 64.3 Å². The van der Waals surface area contributed by atoms with E-state index in [1.807, 2.05) is 36.4 Å². The Morgan fingerprint density at radius 2 is 1.89 bits per heavy atom. The van der Waals surface area contributed by atoms with Gasteiger partial charge in [-0.25, -0.2) is 9.37 Å². The van der Waals surface area contributed by atoms with Crippen LogP contribution in [0.3, 0.4) is 0 Å². The Hall–Kier alpha value is -3.60. The number of fused-ring (bicyclic) bond motifs is 1. The SMILES string of the molecule is COc1nc(-c2cccc(-c3ccnc(-c4cc(F)c5c(c4)CCN(CC(C)(C)O)C5)c3Cl)c2Cl)ccc1CNC[C@H]1CCC(=O)N1. The number of pyridine rings is 2. The zero-order chi connectivity index (χ0) is 33.3.